The molecule has 2 atom stereocenters. The highest BCUT2D eigenvalue weighted by Crippen LogP contribution is 2.40. The summed E-state index contributed by atoms with van der Waals surface area (Å²) in [5.74, 6) is 0.0136. The Labute approximate surface area is 130 Å². The van der Waals surface area contributed by atoms with Crippen LogP contribution in [0.3, 0.4) is 0 Å². The SMILES string of the molecule is O=C1C[C@@H]2CS(=O)(=O)C[C@H]2N1c1nc2ccc(Cl)cc2s1. The van der Waals surface area contributed by atoms with E-state index in [4.69, 9.17) is 11.6 Å². The van der Waals surface area contributed by atoms with E-state index >= 15 is 0 Å². The number of halogens is 1. The van der Waals surface area contributed by atoms with Gasteiger partial charge < -0.3 is 0 Å². The predicted octanol–water partition coefficient (Wildman–Crippen LogP) is 2.10. The van der Waals surface area contributed by atoms with Crippen molar-refractivity contribution >= 4 is 54.0 Å². The number of aromatic nitrogens is 1. The number of rotatable bonds is 1. The summed E-state index contributed by atoms with van der Waals surface area (Å²) >= 11 is 7.34. The fourth-order valence-electron chi connectivity index (χ4n) is 3.13. The molecule has 2 fully saturated rings. The number of benzene rings is 1. The van der Waals surface area contributed by atoms with Crippen molar-refractivity contribution in [2.45, 2.75) is 12.5 Å². The van der Waals surface area contributed by atoms with Gasteiger partial charge in [-0.2, -0.15) is 0 Å². The van der Waals surface area contributed by atoms with Crippen molar-refractivity contribution in [1.29, 1.82) is 0 Å². The third-order valence-electron chi connectivity index (χ3n) is 4.02. The third-order valence-corrected chi connectivity index (χ3v) is 7.06. The smallest absolute Gasteiger partial charge is 0.229 e. The van der Waals surface area contributed by atoms with Crippen molar-refractivity contribution in [2.24, 2.45) is 5.92 Å². The molecule has 0 saturated carbocycles. The lowest BCUT2D eigenvalue weighted by Gasteiger charge is -2.19. The first-order chi connectivity index (χ1) is 9.93. The van der Waals surface area contributed by atoms with Crippen molar-refractivity contribution in [1.82, 2.24) is 4.98 Å². The molecule has 1 aromatic heterocycles. The average molecular weight is 343 g/mol. The van der Waals surface area contributed by atoms with E-state index in [1.54, 1.807) is 17.0 Å². The molecule has 2 aliphatic rings. The highest BCUT2D eigenvalue weighted by Gasteiger charge is 2.50. The molecule has 4 rings (SSSR count). The van der Waals surface area contributed by atoms with Crippen LogP contribution in [0.25, 0.3) is 10.2 Å². The maximum absolute atomic E-state index is 12.2. The lowest BCUT2D eigenvalue weighted by molar-refractivity contribution is -0.117. The molecule has 2 aromatic rings. The number of sulfone groups is 1. The van der Waals surface area contributed by atoms with E-state index in [-0.39, 0.29) is 29.4 Å². The summed E-state index contributed by atoms with van der Waals surface area (Å²) < 4.78 is 24.4. The Morgan fingerprint density at radius 1 is 1.33 bits per heavy atom. The Kier molecular flexibility index (Phi) is 2.83. The monoisotopic (exact) mass is 342 g/mol. The Morgan fingerprint density at radius 2 is 2.14 bits per heavy atom. The van der Waals surface area contributed by atoms with E-state index in [2.05, 4.69) is 4.98 Å². The van der Waals surface area contributed by atoms with Crippen LogP contribution in [0.2, 0.25) is 5.02 Å². The van der Waals surface area contributed by atoms with Crippen molar-refractivity contribution < 1.29 is 13.2 Å². The first-order valence-corrected chi connectivity index (χ1v) is 9.53. The van der Waals surface area contributed by atoms with Crippen LogP contribution in [0, 0.1) is 5.92 Å². The molecule has 0 radical (unpaired) electrons. The van der Waals surface area contributed by atoms with Gasteiger partial charge in [-0.25, -0.2) is 13.4 Å². The number of fused-ring (bicyclic) bond motifs is 2. The minimum absolute atomic E-state index is 0.0370. The van der Waals surface area contributed by atoms with Gasteiger partial charge in [-0.3, -0.25) is 9.69 Å². The summed E-state index contributed by atoms with van der Waals surface area (Å²) in [5, 5.41) is 1.19. The lowest BCUT2D eigenvalue weighted by atomic mass is 10.1. The summed E-state index contributed by atoms with van der Waals surface area (Å²) in [6, 6.07) is 5.10. The highest BCUT2D eigenvalue weighted by atomic mass is 35.5. The van der Waals surface area contributed by atoms with Crippen molar-refractivity contribution in [3.8, 4) is 0 Å². The van der Waals surface area contributed by atoms with Crippen LogP contribution >= 0.6 is 22.9 Å². The van der Waals surface area contributed by atoms with Crippen LogP contribution < -0.4 is 4.90 Å². The minimum atomic E-state index is -3.04. The number of carbonyl (C=O) groups excluding carboxylic acids is 1. The molecule has 0 aliphatic carbocycles. The Bertz CT molecular complexity index is 861. The molecule has 110 valence electrons. The number of amides is 1. The number of hydrogen-bond acceptors (Lipinski definition) is 5. The molecule has 0 N–H and O–H groups in total. The molecule has 0 unspecified atom stereocenters. The van der Waals surface area contributed by atoms with E-state index in [1.807, 2.05) is 6.07 Å². The van der Waals surface area contributed by atoms with Gasteiger partial charge in [0, 0.05) is 17.4 Å². The van der Waals surface area contributed by atoms with E-state index < -0.39 is 9.84 Å². The zero-order valence-corrected chi connectivity index (χ0v) is 13.2. The van der Waals surface area contributed by atoms with Gasteiger partial charge in [0.05, 0.1) is 27.8 Å². The zero-order valence-electron chi connectivity index (χ0n) is 10.8. The molecule has 8 heteroatoms. The number of nitrogens with zero attached hydrogens (tertiary/aromatic N) is 2. The molecule has 0 bridgehead atoms. The molecule has 2 aliphatic heterocycles. The number of anilines is 1. The van der Waals surface area contributed by atoms with Gasteiger partial charge in [0.15, 0.2) is 15.0 Å². The highest BCUT2D eigenvalue weighted by molar-refractivity contribution is 7.91. The van der Waals surface area contributed by atoms with Crippen LogP contribution in [0.15, 0.2) is 18.2 Å². The topological polar surface area (TPSA) is 67.3 Å². The molecule has 0 spiro atoms. The normalized spacial score (nSPS) is 27.5. The number of hydrogen-bond donors (Lipinski definition) is 0. The van der Waals surface area contributed by atoms with Crippen LogP contribution in [-0.2, 0) is 14.6 Å². The van der Waals surface area contributed by atoms with Gasteiger partial charge in [0.1, 0.15) is 0 Å². The Balaban J connectivity index is 1.78. The second-order valence-electron chi connectivity index (χ2n) is 5.48. The van der Waals surface area contributed by atoms with Gasteiger partial charge in [-0.1, -0.05) is 22.9 Å². The van der Waals surface area contributed by atoms with Crippen LogP contribution in [-0.4, -0.2) is 36.9 Å². The summed E-state index contributed by atoms with van der Waals surface area (Å²) in [6.45, 7) is 0. The minimum Gasteiger partial charge on any atom is -0.284 e. The van der Waals surface area contributed by atoms with E-state index in [0.717, 1.165) is 10.2 Å². The summed E-state index contributed by atoms with van der Waals surface area (Å²) in [5.41, 5.74) is 0.775. The number of thiazole rings is 1. The molecule has 3 heterocycles. The van der Waals surface area contributed by atoms with Gasteiger partial charge in [-0.05, 0) is 18.2 Å². The molecule has 21 heavy (non-hydrogen) atoms. The van der Waals surface area contributed by atoms with Crippen LogP contribution in [0.4, 0.5) is 5.13 Å². The van der Waals surface area contributed by atoms with Crippen molar-refractivity contribution in [2.75, 3.05) is 16.4 Å². The molecule has 1 aromatic carbocycles. The van der Waals surface area contributed by atoms with Gasteiger partial charge >= 0.3 is 0 Å². The summed E-state index contributed by atoms with van der Waals surface area (Å²) in [6.07, 6.45) is 0.292. The first-order valence-electron chi connectivity index (χ1n) is 6.51. The largest absolute Gasteiger partial charge is 0.284 e. The zero-order chi connectivity index (χ0) is 14.8. The third kappa shape index (κ3) is 2.15. The van der Waals surface area contributed by atoms with Crippen LogP contribution in [0.5, 0.6) is 0 Å². The fraction of sp³-hybridized carbons (Fsp3) is 0.385. The van der Waals surface area contributed by atoms with Gasteiger partial charge in [0.2, 0.25) is 5.91 Å². The molecule has 1 amide bonds. The average Bonchev–Trinajstić information content (AvgIpc) is 2.97. The maximum Gasteiger partial charge on any atom is 0.229 e. The summed E-state index contributed by atoms with van der Waals surface area (Å²) in [7, 11) is -3.04. The second kappa shape index (κ2) is 4.41. The van der Waals surface area contributed by atoms with Gasteiger partial charge in [-0.15, -0.1) is 0 Å². The fourth-order valence-corrected chi connectivity index (χ4v) is 6.51. The Hall–Kier alpha value is -1.18. The molecule has 5 nitrogen and oxygen atoms in total. The van der Waals surface area contributed by atoms with Crippen LogP contribution in [0.1, 0.15) is 6.42 Å². The maximum atomic E-state index is 12.2. The predicted molar refractivity (Wildman–Crippen MR) is 82.7 cm³/mol. The second-order valence-corrected chi connectivity index (χ2v) is 9.08. The number of carbonyl (C=O) groups is 1. The van der Waals surface area contributed by atoms with E-state index in [0.29, 0.717) is 16.6 Å². The van der Waals surface area contributed by atoms with E-state index in [9.17, 15) is 13.2 Å². The molecular formula is C13H11ClN2O3S2. The van der Waals surface area contributed by atoms with E-state index in [1.165, 1.54) is 11.3 Å². The Morgan fingerprint density at radius 3 is 2.95 bits per heavy atom. The lowest BCUT2D eigenvalue weighted by Crippen LogP contribution is -2.36. The first kappa shape index (κ1) is 13.5. The standard InChI is InChI=1S/C13H11ClN2O3S2/c14-8-1-2-9-11(4-8)20-13(15-9)16-10-6-21(18,19)5-7(10)3-12(16)17/h1-2,4,7,10H,3,5-6H2/t7-,10-/m1/s1. The molecule has 2 saturated heterocycles. The van der Waals surface area contributed by atoms with Crippen molar-refractivity contribution in [3.63, 3.8) is 0 Å². The molecular weight excluding hydrogens is 332 g/mol. The van der Waals surface area contributed by atoms with Crippen molar-refractivity contribution in [3.05, 3.63) is 23.2 Å². The van der Waals surface area contributed by atoms with Gasteiger partial charge in [0.25, 0.3) is 0 Å². The quantitative estimate of drug-likeness (QED) is 0.796. The summed E-state index contributed by atoms with van der Waals surface area (Å²) in [4.78, 5) is 18.3.